The average molecular weight is 423 g/mol. The van der Waals surface area contributed by atoms with Gasteiger partial charge in [-0.05, 0) is 58.4 Å². The number of nitrogens with one attached hydrogen (secondary N) is 2. The molecule has 0 bridgehead atoms. The molecular formula is C23H30N6O2. The molecule has 31 heavy (non-hydrogen) atoms. The van der Waals surface area contributed by atoms with Gasteiger partial charge in [-0.15, -0.1) is 0 Å². The molecule has 164 valence electrons. The zero-order chi connectivity index (χ0) is 22.5. The molecule has 0 aromatic carbocycles. The van der Waals surface area contributed by atoms with E-state index in [9.17, 15) is 14.9 Å². The van der Waals surface area contributed by atoms with Crippen molar-refractivity contribution in [2.45, 2.75) is 52.5 Å². The van der Waals surface area contributed by atoms with Crippen LogP contribution in [0.5, 0.6) is 0 Å². The number of nitriles is 1. The Morgan fingerprint density at radius 2 is 1.81 bits per heavy atom. The highest BCUT2D eigenvalue weighted by atomic mass is 16.2. The smallest absolute Gasteiger partial charge is 0.239 e. The summed E-state index contributed by atoms with van der Waals surface area (Å²) >= 11 is 0. The first-order chi connectivity index (χ1) is 14.8. The monoisotopic (exact) mass is 422 g/mol. The maximum atomic E-state index is 12.7. The number of hydrogen-bond acceptors (Lipinski definition) is 5. The fourth-order valence-corrected chi connectivity index (χ4v) is 4.22. The predicted molar refractivity (Wildman–Crippen MR) is 120 cm³/mol. The lowest BCUT2D eigenvalue weighted by atomic mass is 10.2. The minimum Gasteiger partial charge on any atom is -0.327 e. The van der Waals surface area contributed by atoms with Crippen LogP contribution in [0.1, 0.15) is 54.2 Å². The Hall–Kier alpha value is -3.18. The summed E-state index contributed by atoms with van der Waals surface area (Å²) in [5.41, 5.74) is 3.26. The van der Waals surface area contributed by atoms with Gasteiger partial charge < -0.3 is 15.2 Å². The van der Waals surface area contributed by atoms with Gasteiger partial charge in [0.2, 0.25) is 11.8 Å². The van der Waals surface area contributed by atoms with E-state index in [1.165, 1.54) is 0 Å². The zero-order valence-corrected chi connectivity index (χ0v) is 18.7. The van der Waals surface area contributed by atoms with Crippen LogP contribution in [0, 0.1) is 32.1 Å². The summed E-state index contributed by atoms with van der Waals surface area (Å²) in [6.45, 7) is 5.86. The highest BCUT2D eigenvalue weighted by molar-refractivity contribution is 5.95. The van der Waals surface area contributed by atoms with E-state index in [0.29, 0.717) is 23.2 Å². The van der Waals surface area contributed by atoms with Crippen LogP contribution in [0.4, 0.5) is 11.6 Å². The molecule has 8 heteroatoms. The Kier molecular flexibility index (Phi) is 7.08. The molecule has 2 aromatic rings. The number of pyridine rings is 1. The van der Waals surface area contributed by atoms with Crippen molar-refractivity contribution in [3.63, 3.8) is 0 Å². The number of aromatic nitrogens is 2. The molecule has 1 fully saturated rings. The van der Waals surface area contributed by atoms with E-state index < -0.39 is 0 Å². The standard InChI is InChI=1S/C23H30N6O2/c1-15-8-7-11-20(25-15)26-21(30)13-28(4)14-22(31)27-23-19(12-24)16(2)17(3)29(23)18-9-5-6-10-18/h7-8,11,18H,5-6,9-10,13-14H2,1-4H3,(H,27,31)(H,25,26,30). The molecule has 1 saturated carbocycles. The predicted octanol–water partition coefficient (Wildman–Crippen LogP) is 3.30. The largest absolute Gasteiger partial charge is 0.327 e. The van der Waals surface area contributed by atoms with Crippen LogP contribution in [0.3, 0.4) is 0 Å². The lowest BCUT2D eigenvalue weighted by molar-refractivity contribution is -0.119. The number of amides is 2. The first-order valence-corrected chi connectivity index (χ1v) is 10.6. The van der Waals surface area contributed by atoms with Gasteiger partial charge in [0.15, 0.2) is 0 Å². The van der Waals surface area contributed by atoms with Gasteiger partial charge in [0, 0.05) is 17.4 Å². The molecule has 1 aliphatic rings. The van der Waals surface area contributed by atoms with Gasteiger partial charge in [0.05, 0.1) is 18.7 Å². The van der Waals surface area contributed by atoms with Gasteiger partial charge in [-0.3, -0.25) is 14.5 Å². The first kappa shape index (κ1) is 22.5. The second-order valence-corrected chi connectivity index (χ2v) is 8.29. The van der Waals surface area contributed by atoms with Crippen LogP contribution in [0.15, 0.2) is 18.2 Å². The summed E-state index contributed by atoms with van der Waals surface area (Å²) < 4.78 is 2.12. The van der Waals surface area contributed by atoms with Gasteiger partial charge in [-0.25, -0.2) is 4.98 Å². The molecule has 0 radical (unpaired) electrons. The Bertz CT molecular complexity index is 1010. The van der Waals surface area contributed by atoms with Crippen molar-refractivity contribution in [1.82, 2.24) is 14.5 Å². The third-order valence-electron chi connectivity index (χ3n) is 5.80. The molecule has 0 atom stereocenters. The maximum absolute atomic E-state index is 12.7. The fourth-order valence-electron chi connectivity index (χ4n) is 4.22. The highest BCUT2D eigenvalue weighted by Crippen LogP contribution is 2.37. The van der Waals surface area contributed by atoms with Crippen LogP contribution in [-0.2, 0) is 9.59 Å². The minimum atomic E-state index is -0.253. The van der Waals surface area contributed by atoms with E-state index in [1.54, 1.807) is 18.0 Å². The van der Waals surface area contributed by atoms with Crippen LogP contribution in [-0.4, -0.2) is 46.4 Å². The summed E-state index contributed by atoms with van der Waals surface area (Å²) in [5.74, 6) is 0.572. The number of nitrogens with zero attached hydrogens (tertiary/aromatic N) is 4. The quantitative estimate of drug-likeness (QED) is 0.713. The Morgan fingerprint density at radius 3 is 2.42 bits per heavy atom. The molecule has 0 saturated heterocycles. The van der Waals surface area contributed by atoms with Crippen LogP contribution < -0.4 is 10.6 Å². The number of rotatable bonds is 7. The van der Waals surface area contributed by atoms with Crippen LogP contribution >= 0.6 is 0 Å². The van der Waals surface area contributed by atoms with Gasteiger partial charge in [-0.1, -0.05) is 18.9 Å². The second kappa shape index (κ2) is 9.75. The number of likely N-dealkylation sites (N-methyl/N-ethyl adjacent to an activating group) is 1. The average Bonchev–Trinajstić information content (AvgIpc) is 3.29. The Balaban J connectivity index is 1.64. The van der Waals surface area contributed by atoms with Crippen molar-refractivity contribution in [2.24, 2.45) is 0 Å². The summed E-state index contributed by atoms with van der Waals surface area (Å²) in [5, 5.41) is 15.4. The molecule has 2 amide bonds. The summed E-state index contributed by atoms with van der Waals surface area (Å²) in [7, 11) is 1.71. The fraction of sp³-hybridized carbons (Fsp3) is 0.478. The van der Waals surface area contributed by atoms with Crippen molar-refractivity contribution < 1.29 is 9.59 Å². The third-order valence-corrected chi connectivity index (χ3v) is 5.80. The molecule has 0 spiro atoms. The van der Waals surface area contributed by atoms with E-state index in [0.717, 1.165) is 42.6 Å². The van der Waals surface area contributed by atoms with E-state index in [4.69, 9.17) is 0 Å². The minimum absolute atomic E-state index is 0.0352. The topological polar surface area (TPSA) is 103 Å². The molecule has 2 heterocycles. The van der Waals surface area contributed by atoms with E-state index in [-0.39, 0.29) is 24.9 Å². The van der Waals surface area contributed by atoms with Crippen molar-refractivity contribution in [3.05, 3.63) is 40.7 Å². The molecule has 1 aliphatic carbocycles. The van der Waals surface area contributed by atoms with Crippen LogP contribution in [0.2, 0.25) is 0 Å². The molecule has 8 nitrogen and oxygen atoms in total. The lowest BCUT2D eigenvalue weighted by Crippen LogP contribution is -2.36. The molecule has 2 N–H and O–H groups in total. The molecule has 2 aromatic heterocycles. The molecule has 3 rings (SSSR count). The third kappa shape index (κ3) is 5.30. The lowest BCUT2D eigenvalue weighted by Gasteiger charge is -2.20. The van der Waals surface area contributed by atoms with Gasteiger partial charge in [0.1, 0.15) is 17.7 Å². The number of carbonyl (C=O) groups excluding carboxylic acids is 2. The molecule has 0 aliphatic heterocycles. The molecule has 0 unspecified atom stereocenters. The zero-order valence-electron chi connectivity index (χ0n) is 18.7. The van der Waals surface area contributed by atoms with Crippen molar-refractivity contribution in [1.29, 1.82) is 5.26 Å². The molecular weight excluding hydrogens is 392 g/mol. The Labute approximate surface area is 183 Å². The maximum Gasteiger partial charge on any atom is 0.239 e. The Morgan fingerprint density at radius 1 is 1.16 bits per heavy atom. The van der Waals surface area contributed by atoms with Gasteiger partial charge >= 0.3 is 0 Å². The summed E-state index contributed by atoms with van der Waals surface area (Å²) in [4.78, 5) is 30.9. The summed E-state index contributed by atoms with van der Waals surface area (Å²) in [6.07, 6.45) is 4.42. The highest BCUT2D eigenvalue weighted by Gasteiger charge is 2.27. The van der Waals surface area contributed by atoms with Crippen molar-refractivity contribution >= 4 is 23.5 Å². The van der Waals surface area contributed by atoms with E-state index in [1.807, 2.05) is 32.9 Å². The van der Waals surface area contributed by atoms with E-state index in [2.05, 4.69) is 26.3 Å². The summed E-state index contributed by atoms with van der Waals surface area (Å²) in [6, 6.07) is 7.96. The number of carbonyl (C=O) groups is 2. The van der Waals surface area contributed by atoms with Gasteiger partial charge in [0.25, 0.3) is 0 Å². The van der Waals surface area contributed by atoms with Gasteiger partial charge in [-0.2, -0.15) is 5.26 Å². The number of hydrogen-bond donors (Lipinski definition) is 2. The van der Waals surface area contributed by atoms with Crippen LogP contribution in [0.25, 0.3) is 0 Å². The number of aryl methyl sites for hydroxylation is 1. The van der Waals surface area contributed by atoms with Crippen molar-refractivity contribution in [2.75, 3.05) is 30.8 Å². The SMILES string of the molecule is Cc1cccc(NC(=O)CN(C)CC(=O)Nc2c(C#N)c(C)c(C)n2C2CCCC2)n1. The van der Waals surface area contributed by atoms with Crippen molar-refractivity contribution in [3.8, 4) is 6.07 Å². The number of anilines is 2. The first-order valence-electron chi connectivity index (χ1n) is 10.6. The van der Waals surface area contributed by atoms with E-state index >= 15 is 0 Å². The normalized spacial score (nSPS) is 13.9. The second-order valence-electron chi connectivity index (χ2n) is 8.29.